The highest BCUT2D eigenvalue weighted by Crippen LogP contribution is 2.23. The molecule has 0 bridgehead atoms. The molecule has 0 aliphatic carbocycles. The Hall–Kier alpha value is -3.30. The number of benzene rings is 1. The first-order chi connectivity index (χ1) is 9.43. The number of carbonyl (C=O) groups excluding carboxylic acids is 2. The average molecular weight is 278 g/mol. The quantitative estimate of drug-likeness (QED) is 0.470. The van der Waals surface area contributed by atoms with Gasteiger partial charge in [-0.2, -0.15) is 0 Å². The minimum atomic E-state index is -1.58. The van der Waals surface area contributed by atoms with Gasteiger partial charge in [0.05, 0.1) is 4.92 Å². The van der Waals surface area contributed by atoms with Crippen LogP contribution in [0.3, 0.4) is 0 Å². The van der Waals surface area contributed by atoms with Crippen molar-refractivity contribution in [2.45, 2.75) is 0 Å². The fourth-order valence-electron chi connectivity index (χ4n) is 1.60. The first-order valence-electron chi connectivity index (χ1n) is 5.17. The standard InChI is InChI=1S/C10H6N4O6/c15-9-7(11-6-4-2-1-3-5-6)8(13(17)18)10(16)12(9)14(19)20/h1-5,11H. The normalized spacial score (nSPS) is 14.7. The van der Waals surface area contributed by atoms with Gasteiger partial charge in [0, 0.05) is 10.7 Å². The topological polar surface area (TPSA) is 136 Å². The molecule has 1 aliphatic heterocycles. The summed E-state index contributed by atoms with van der Waals surface area (Å²) >= 11 is 0. The van der Waals surface area contributed by atoms with Gasteiger partial charge in [0.2, 0.25) is 0 Å². The molecule has 0 fully saturated rings. The van der Waals surface area contributed by atoms with Crippen LogP contribution in [0.4, 0.5) is 5.69 Å². The fourth-order valence-corrected chi connectivity index (χ4v) is 1.60. The molecule has 2 amide bonds. The zero-order chi connectivity index (χ0) is 14.9. The molecule has 1 aromatic rings. The van der Waals surface area contributed by atoms with Gasteiger partial charge in [-0.3, -0.25) is 19.7 Å². The van der Waals surface area contributed by atoms with Crippen LogP contribution < -0.4 is 5.32 Å². The number of nitrogens with zero attached hydrogens (tertiary/aromatic N) is 3. The Labute approximate surface area is 110 Å². The molecule has 2 rings (SSSR count). The average Bonchev–Trinajstić information content (AvgIpc) is 2.62. The van der Waals surface area contributed by atoms with Gasteiger partial charge >= 0.3 is 17.5 Å². The summed E-state index contributed by atoms with van der Waals surface area (Å²) < 4.78 is 0. The lowest BCUT2D eigenvalue weighted by Gasteiger charge is -2.04. The Morgan fingerprint density at radius 2 is 1.60 bits per heavy atom. The molecular weight excluding hydrogens is 272 g/mol. The molecule has 10 heteroatoms. The molecule has 1 aromatic carbocycles. The van der Waals surface area contributed by atoms with E-state index in [1.54, 1.807) is 18.2 Å². The van der Waals surface area contributed by atoms with Crippen molar-refractivity contribution in [2.24, 2.45) is 0 Å². The molecule has 20 heavy (non-hydrogen) atoms. The van der Waals surface area contributed by atoms with Crippen molar-refractivity contribution >= 4 is 17.5 Å². The van der Waals surface area contributed by atoms with E-state index in [1.165, 1.54) is 12.1 Å². The Kier molecular flexibility index (Phi) is 3.13. The highest BCUT2D eigenvalue weighted by atomic mass is 16.7. The third-order valence-corrected chi connectivity index (χ3v) is 2.43. The molecule has 10 nitrogen and oxygen atoms in total. The molecule has 1 aliphatic rings. The number of amides is 2. The van der Waals surface area contributed by atoms with Crippen LogP contribution in [-0.2, 0) is 9.59 Å². The third-order valence-electron chi connectivity index (χ3n) is 2.43. The summed E-state index contributed by atoms with van der Waals surface area (Å²) in [6.07, 6.45) is 0. The fraction of sp³-hybridized carbons (Fsp3) is 0. The van der Waals surface area contributed by atoms with Crippen LogP contribution in [-0.4, -0.2) is 26.8 Å². The number of para-hydroxylation sites is 1. The van der Waals surface area contributed by atoms with Gasteiger partial charge < -0.3 is 5.32 Å². The third kappa shape index (κ3) is 2.05. The van der Waals surface area contributed by atoms with Crippen molar-refractivity contribution in [1.29, 1.82) is 0 Å². The molecular formula is C10H6N4O6. The summed E-state index contributed by atoms with van der Waals surface area (Å²) in [7, 11) is 0. The second-order valence-corrected chi connectivity index (χ2v) is 3.63. The highest BCUT2D eigenvalue weighted by molar-refractivity contribution is 6.18. The van der Waals surface area contributed by atoms with Crippen molar-refractivity contribution in [3.8, 4) is 0 Å². The van der Waals surface area contributed by atoms with Gasteiger partial charge in [-0.05, 0) is 12.1 Å². The van der Waals surface area contributed by atoms with E-state index in [2.05, 4.69) is 5.32 Å². The largest absolute Gasteiger partial charge is 0.395 e. The summed E-state index contributed by atoms with van der Waals surface area (Å²) in [5.41, 5.74) is -1.60. The van der Waals surface area contributed by atoms with E-state index in [-0.39, 0.29) is 5.69 Å². The van der Waals surface area contributed by atoms with E-state index in [0.717, 1.165) is 0 Å². The van der Waals surface area contributed by atoms with Gasteiger partial charge in [-0.15, -0.1) is 0 Å². The van der Waals surface area contributed by atoms with E-state index < -0.39 is 38.2 Å². The number of rotatable bonds is 4. The van der Waals surface area contributed by atoms with Crippen LogP contribution in [0.2, 0.25) is 0 Å². The van der Waals surface area contributed by atoms with E-state index in [9.17, 15) is 29.8 Å². The van der Waals surface area contributed by atoms with E-state index >= 15 is 0 Å². The minimum absolute atomic E-state index is 0.285. The van der Waals surface area contributed by atoms with Crippen molar-refractivity contribution in [3.63, 3.8) is 0 Å². The molecule has 0 saturated carbocycles. The van der Waals surface area contributed by atoms with Crippen molar-refractivity contribution in [3.05, 3.63) is 62.0 Å². The Morgan fingerprint density at radius 1 is 1.00 bits per heavy atom. The summed E-state index contributed by atoms with van der Waals surface area (Å²) in [4.78, 5) is 43.5. The maximum atomic E-state index is 11.7. The van der Waals surface area contributed by atoms with Crippen LogP contribution in [0.15, 0.2) is 41.7 Å². The molecule has 0 saturated heterocycles. The molecule has 0 radical (unpaired) electrons. The number of carbonyl (C=O) groups is 2. The predicted octanol–water partition coefficient (Wildman–Crippen LogP) is 0.147. The van der Waals surface area contributed by atoms with Gasteiger partial charge in [0.1, 0.15) is 0 Å². The summed E-state index contributed by atoms with van der Waals surface area (Å²) in [6, 6.07) is 7.80. The molecule has 0 spiro atoms. The zero-order valence-electron chi connectivity index (χ0n) is 9.68. The van der Waals surface area contributed by atoms with Crippen molar-refractivity contribution in [1.82, 2.24) is 5.01 Å². The first-order valence-corrected chi connectivity index (χ1v) is 5.17. The van der Waals surface area contributed by atoms with E-state index in [1.807, 2.05) is 0 Å². The van der Waals surface area contributed by atoms with Crippen LogP contribution in [0.5, 0.6) is 0 Å². The number of imide groups is 1. The Bertz CT molecular complexity index is 653. The summed E-state index contributed by atoms with van der Waals surface area (Å²) in [6.45, 7) is 0. The first kappa shape index (κ1) is 13.1. The molecule has 0 unspecified atom stereocenters. The second kappa shape index (κ2) is 4.76. The monoisotopic (exact) mass is 278 g/mol. The second-order valence-electron chi connectivity index (χ2n) is 3.63. The van der Waals surface area contributed by atoms with Crippen LogP contribution in [0.25, 0.3) is 0 Å². The molecule has 0 aromatic heterocycles. The number of anilines is 1. The minimum Gasteiger partial charge on any atom is -0.345 e. The molecule has 1 heterocycles. The highest BCUT2D eigenvalue weighted by Gasteiger charge is 2.54. The van der Waals surface area contributed by atoms with Gasteiger partial charge in [0.15, 0.2) is 10.7 Å². The zero-order valence-corrected chi connectivity index (χ0v) is 9.68. The maximum Gasteiger partial charge on any atom is 0.395 e. The van der Waals surface area contributed by atoms with Crippen molar-refractivity contribution < 1.29 is 19.5 Å². The molecule has 1 N–H and O–H groups in total. The smallest absolute Gasteiger partial charge is 0.345 e. The van der Waals surface area contributed by atoms with Crippen LogP contribution in [0, 0.1) is 20.2 Å². The molecule has 0 atom stereocenters. The lowest BCUT2D eigenvalue weighted by molar-refractivity contribution is -0.614. The summed E-state index contributed by atoms with van der Waals surface area (Å²) in [5.74, 6) is -2.96. The van der Waals surface area contributed by atoms with E-state index in [4.69, 9.17) is 0 Å². The number of nitro groups is 2. The lowest BCUT2D eigenvalue weighted by atomic mass is 10.3. The van der Waals surface area contributed by atoms with Crippen molar-refractivity contribution in [2.75, 3.05) is 5.32 Å². The van der Waals surface area contributed by atoms with Gasteiger partial charge in [0.25, 0.3) is 0 Å². The number of hydrogen-bond acceptors (Lipinski definition) is 7. The van der Waals surface area contributed by atoms with E-state index in [0.29, 0.717) is 0 Å². The van der Waals surface area contributed by atoms with Gasteiger partial charge in [-0.1, -0.05) is 18.2 Å². The Morgan fingerprint density at radius 3 is 2.10 bits per heavy atom. The maximum absolute atomic E-state index is 11.7. The Balaban J connectivity index is 2.46. The van der Waals surface area contributed by atoms with Crippen LogP contribution >= 0.6 is 0 Å². The summed E-state index contributed by atoms with van der Waals surface area (Å²) in [5, 5.41) is 22.1. The molecule has 102 valence electrons. The number of nitrogens with one attached hydrogen (secondary N) is 1. The SMILES string of the molecule is O=C1C(Nc2ccccc2)=C([N+](=O)[O-])C(=O)N1[N+](=O)[O-]. The van der Waals surface area contributed by atoms with Gasteiger partial charge in [-0.25, -0.2) is 10.1 Å². The number of hydrogen-bond donors (Lipinski definition) is 1. The number of hydrazine groups is 1. The predicted molar refractivity (Wildman–Crippen MR) is 62.9 cm³/mol. The lowest BCUT2D eigenvalue weighted by Crippen LogP contribution is -2.38. The van der Waals surface area contributed by atoms with Crippen LogP contribution in [0.1, 0.15) is 0 Å².